The number of carbonyl (C=O) groups excluding carboxylic acids is 1. The van der Waals surface area contributed by atoms with Crippen molar-refractivity contribution in [3.63, 3.8) is 0 Å². The maximum absolute atomic E-state index is 13.2. The zero-order valence-electron chi connectivity index (χ0n) is 17.6. The van der Waals surface area contributed by atoms with E-state index in [1.165, 1.54) is 16.4 Å². The number of para-hydroxylation sites is 1. The Labute approximate surface area is 190 Å². The zero-order chi connectivity index (χ0) is 22.8. The average Bonchev–Trinajstić information content (AvgIpc) is 3.39. The smallest absolute Gasteiger partial charge is 0.256 e. The van der Waals surface area contributed by atoms with Gasteiger partial charge < -0.3 is 14.5 Å². The molecule has 9 heteroatoms. The van der Waals surface area contributed by atoms with E-state index in [9.17, 15) is 13.2 Å². The van der Waals surface area contributed by atoms with Crippen LogP contribution >= 0.6 is 0 Å². The van der Waals surface area contributed by atoms with Crippen LogP contribution in [0.3, 0.4) is 0 Å². The second kappa shape index (κ2) is 8.78. The van der Waals surface area contributed by atoms with Crippen LogP contribution in [0.1, 0.15) is 10.4 Å². The van der Waals surface area contributed by atoms with E-state index in [2.05, 4.69) is 10.3 Å². The molecule has 0 atom stereocenters. The topological polar surface area (TPSA) is 102 Å². The molecule has 1 N–H and O–H groups in total. The van der Waals surface area contributed by atoms with Crippen molar-refractivity contribution in [2.45, 2.75) is 4.90 Å². The quantitative estimate of drug-likeness (QED) is 0.484. The Kier molecular flexibility index (Phi) is 5.67. The van der Waals surface area contributed by atoms with E-state index in [1.807, 2.05) is 24.3 Å². The first-order valence-corrected chi connectivity index (χ1v) is 11.9. The molecule has 0 radical (unpaired) electrons. The van der Waals surface area contributed by atoms with Gasteiger partial charge in [-0.05, 0) is 48.5 Å². The second-order valence-corrected chi connectivity index (χ2v) is 9.48. The highest BCUT2D eigenvalue weighted by Gasteiger charge is 2.26. The number of morpholine rings is 1. The first-order chi connectivity index (χ1) is 16.0. The molecule has 0 saturated carbocycles. The summed E-state index contributed by atoms with van der Waals surface area (Å²) in [5.74, 6) is 0.234. The van der Waals surface area contributed by atoms with E-state index in [0.29, 0.717) is 59.9 Å². The van der Waals surface area contributed by atoms with E-state index >= 15 is 0 Å². The van der Waals surface area contributed by atoms with Crippen molar-refractivity contribution in [2.24, 2.45) is 0 Å². The summed E-state index contributed by atoms with van der Waals surface area (Å²) >= 11 is 0. The van der Waals surface area contributed by atoms with Crippen molar-refractivity contribution < 1.29 is 22.4 Å². The van der Waals surface area contributed by atoms with E-state index in [1.54, 1.807) is 36.6 Å². The Hall–Kier alpha value is -3.53. The molecule has 33 heavy (non-hydrogen) atoms. The number of sulfonamides is 1. The van der Waals surface area contributed by atoms with Crippen molar-refractivity contribution in [3.8, 4) is 11.5 Å². The van der Waals surface area contributed by atoms with Gasteiger partial charge in [-0.15, -0.1) is 0 Å². The minimum atomic E-state index is -3.60. The van der Waals surface area contributed by atoms with Gasteiger partial charge in [0.15, 0.2) is 5.76 Å². The standard InChI is InChI=1S/C24H21N3O5S/c28-24(20-16-22(23-6-3-13-32-23)26-21-5-2-1-4-19(20)21)25-17-7-9-18(10-8-17)33(29,30)27-11-14-31-15-12-27/h1-10,13,16H,11-12,14-15H2,(H,25,28). The number of amides is 1. The van der Waals surface area contributed by atoms with Crippen LogP contribution in [0.25, 0.3) is 22.4 Å². The summed E-state index contributed by atoms with van der Waals surface area (Å²) in [6.45, 7) is 1.42. The summed E-state index contributed by atoms with van der Waals surface area (Å²) < 4.78 is 37.7. The molecule has 0 bridgehead atoms. The Morgan fingerprint density at radius 1 is 0.970 bits per heavy atom. The Morgan fingerprint density at radius 2 is 1.73 bits per heavy atom. The zero-order valence-corrected chi connectivity index (χ0v) is 18.4. The van der Waals surface area contributed by atoms with Crippen molar-refractivity contribution >= 4 is 32.5 Å². The third-order valence-corrected chi connectivity index (χ3v) is 7.37. The van der Waals surface area contributed by atoms with Crippen LogP contribution in [-0.4, -0.2) is 49.9 Å². The summed E-state index contributed by atoms with van der Waals surface area (Å²) in [5, 5.41) is 3.56. The minimum absolute atomic E-state index is 0.178. The highest BCUT2D eigenvalue weighted by atomic mass is 32.2. The predicted octanol–water partition coefficient (Wildman–Crippen LogP) is 3.77. The normalized spacial score (nSPS) is 14.9. The molecular weight excluding hydrogens is 442 g/mol. The molecule has 8 nitrogen and oxygen atoms in total. The molecule has 2 aromatic heterocycles. The van der Waals surface area contributed by atoms with Crippen molar-refractivity contribution in [2.75, 3.05) is 31.6 Å². The number of furan rings is 1. The first kappa shape index (κ1) is 21.3. The van der Waals surface area contributed by atoms with Crippen LogP contribution in [0.2, 0.25) is 0 Å². The third-order valence-electron chi connectivity index (χ3n) is 5.45. The molecule has 1 aliphatic rings. The highest BCUT2D eigenvalue weighted by molar-refractivity contribution is 7.89. The van der Waals surface area contributed by atoms with Crippen LogP contribution in [0.4, 0.5) is 5.69 Å². The van der Waals surface area contributed by atoms with Crippen LogP contribution in [0, 0.1) is 0 Å². The number of ether oxygens (including phenoxy) is 1. The van der Waals surface area contributed by atoms with Crippen LogP contribution in [0.15, 0.2) is 82.3 Å². The molecule has 3 heterocycles. The highest BCUT2D eigenvalue weighted by Crippen LogP contribution is 2.26. The molecule has 0 unspecified atom stereocenters. The van der Waals surface area contributed by atoms with Gasteiger partial charge in [0.25, 0.3) is 5.91 Å². The summed E-state index contributed by atoms with van der Waals surface area (Å²) in [7, 11) is -3.60. The number of nitrogens with one attached hydrogen (secondary N) is 1. The number of carbonyl (C=O) groups is 1. The SMILES string of the molecule is O=C(Nc1ccc(S(=O)(=O)N2CCOCC2)cc1)c1cc(-c2ccco2)nc2ccccc12. The molecule has 1 fully saturated rings. The summed E-state index contributed by atoms with van der Waals surface area (Å²) in [6.07, 6.45) is 1.55. The van der Waals surface area contributed by atoms with Crippen molar-refractivity contribution in [1.29, 1.82) is 0 Å². The molecule has 0 aliphatic carbocycles. The molecule has 2 aromatic carbocycles. The summed E-state index contributed by atoms with van der Waals surface area (Å²) in [5.41, 5.74) is 2.15. The number of hydrogen-bond donors (Lipinski definition) is 1. The number of hydrogen-bond acceptors (Lipinski definition) is 6. The van der Waals surface area contributed by atoms with Gasteiger partial charge in [-0.2, -0.15) is 4.31 Å². The van der Waals surface area contributed by atoms with Gasteiger partial charge in [0.1, 0.15) is 5.69 Å². The lowest BCUT2D eigenvalue weighted by atomic mass is 10.1. The van der Waals surface area contributed by atoms with Gasteiger partial charge in [0.2, 0.25) is 10.0 Å². The van der Waals surface area contributed by atoms with Crippen molar-refractivity contribution in [1.82, 2.24) is 9.29 Å². The Morgan fingerprint density at radius 3 is 2.45 bits per heavy atom. The van der Waals surface area contributed by atoms with Gasteiger partial charge in [0, 0.05) is 24.2 Å². The third kappa shape index (κ3) is 4.25. The number of anilines is 1. The predicted molar refractivity (Wildman–Crippen MR) is 123 cm³/mol. The molecule has 5 rings (SSSR count). The lowest BCUT2D eigenvalue weighted by Crippen LogP contribution is -2.40. The van der Waals surface area contributed by atoms with Gasteiger partial charge in [-0.3, -0.25) is 4.79 Å². The largest absolute Gasteiger partial charge is 0.463 e. The van der Waals surface area contributed by atoms with Crippen molar-refractivity contribution in [3.05, 3.63) is 78.6 Å². The number of pyridine rings is 1. The van der Waals surface area contributed by atoms with Gasteiger partial charge in [0.05, 0.1) is 35.5 Å². The van der Waals surface area contributed by atoms with E-state index in [-0.39, 0.29) is 10.8 Å². The van der Waals surface area contributed by atoms with Crippen LogP contribution in [0.5, 0.6) is 0 Å². The maximum Gasteiger partial charge on any atom is 0.256 e. The molecular formula is C24H21N3O5S. The first-order valence-electron chi connectivity index (χ1n) is 10.5. The van der Waals surface area contributed by atoms with E-state index < -0.39 is 10.0 Å². The molecule has 1 saturated heterocycles. The van der Waals surface area contributed by atoms with Crippen LogP contribution in [-0.2, 0) is 14.8 Å². The van der Waals surface area contributed by atoms with Gasteiger partial charge in [-0.1, -0.05) is 18.2 Å². The number of fused-ring (bicyclic) bond motifs is 1. The van der Waals surface area contributed by atoms with Gasteiger partial charge >= 0.3 is 0 Å². The lowest BCUT2D eigenvalue weighted by molar-refractivity contribution is 0.0730. The van der Waals surface area contributed by atoms with Crippen LogP contribution < -0.4 is 5.32 Å². The average molecular weight is 464 g/mol. The maximum atomic E-state index is 13.2. The molecule has 1 aliphatic heterocycles. The second-order valence-electron chi connectivity index (χ2n) is 7.54. The summed E-state index contributed by atoms with van der Waals surface area (Å²) in [4.78, 5) is 17.9. The molecule has 1 amide bonds. The number of benzene rings is 2. The fourth-order valence-corrected chi connectivity index (χ4v) is 5.17. The fraction of sp³-hybridized carbons (Fsp3) is 0.167. The fourth-order valence-electron chi connectivity index (χ4n) is 3.76. The number of nitrogens with zero attached hydrogens (tertiary/aromatic N) is 2. The molecule has 4 aromatic rings. The minimum Gasteiger partial charge on any atom is -0.463 e. The summed E-state index contributed by atoms with van der Waals surface area (Å²) in [6, 6.07) is 18.8. The number of aromatic nitrogens is 1. The monoisotopic (exact) mass is 463 g/mol. The number of rotatable bonds is 5. The lowest BCUT2D eigenvalue weighted by Gasteiger charge is -2.26. The Balaban J connectivity index is 1.42. The van der Waals surface area contributed by atoms with E-state index in [0.717, 1.165) is 0 Å². The molecule has 168 valence electrons. The molecule has 0 spiro atoms. The van der Waals surface area contributed by atoms with E-state index in [4.69, 9.17) is 9.15 Å². The van der Waals surface area contributed by atoms with Gasteiger partial charge in [-0.25, -0.2) is 13.4 Å². The Bertz CT molecular complexity index is 1390.